The molecule has 27 heavy (non-hydrogen) atoms. The maximum atomic E-state index is 12.5. The molecule has 0 spiro atoms. The monoisotopic (exact) mass is 368 g/mol. The average molecular weight is 369 g/mol. The first-order valence-electron chi connectivity index (χ1n) is 9.83. The second-order valence-corrected chi connectivity index (χ2v) is 6.89. The van der Waals surface area contributed by atoms with E-state index in [-0.39, 0.29) is 5.91 Å². The van der Waals surface area contributed by atoms with Gasteiger partial charge in [0.25, 0.3) is 5.91 Å². The maximum absolute atomic E-state index is 12.5. The molecular formula is C23H32N2O2. The number of anilines is 1. The number of rotatable bonds is 9. The molecule has 0 aliphatic carbocycles. The lowest BCUT2D eigenvalue weighted by Crippen LogP contribution is -2.37. The first kappa shape index (κ1) is 20.8. The van der Waals surface area contributed by atoms with Gasteiger partial charge in [-0.1, -0.05) is 25.1 Å². The third-order valence-electron chi connectivity index (χ3n) is 4.67. The number of aryl methyl sites for hydroxylation is 2. The van der Waals surface area contributed by atoms with Gasteiger partial charge in [-0.2, -0.15) is 0 Å². The lowest BCUT2D eigenvalue weighted by Gasteiger charge is -2.21. The zero-order valence-corrected chi connectivity index (χ0v) is 17.2. The molecule has 0 bridgehead atoms. The van der Waals surface area contributed by atoms with Crippen LogP contribution in [0.25, 0.3) is 0 Å². The average Bonchev–Trinajstić information content (AvgIpc) is 2.65. The number of nitrogens with one attached hydrogen (secondary N) is 1. The summed E-state index contributed by atoms with van der Waals surface area (Å²) >= 11 is 0. The molecule has 0 aliphatic rings. The molecule has 0 saturated heterocycles. The van der Waals surface area contributed by atoms with Crippen LogP contribution in [0.3, 0.4) is 0 Å². The fraction of sp³-hybridized carbons (Fsp3) is 0.435. The molecule has 2 aromatic carbocycles. The molecule has 0 heterocycles. The van der Waals surface area contributed by atoms with Crippen molar-refractivity contribution in [2.24, 2.45) is 0 Å². The van der Waals surface area contributed by atoms with Gasteiger partial charge in [-0.25, -0.2) is 0 Å². The van der Waals surface area contributed by atoms with Gasteiger partial charge in [0.1, 0.15) is 5.75 Å². The molecule has 1 unspecified atom stereocenters. The van der Waals surface area contributed by atoms with E-state index in [1.807, 2.05) is 32.9 Å². The lowest BCUT2D eigenvalue weighted by atomic mass is 10.1. The predicted octanol–water partition coefficient (Wildman–Crippen LogP) is 4.62. The summed E-state index contributed by atoms with van der Waals surface area (Å²) in [7, 11) is 0. The number of ether oxygens (including phenoxy) is 1. The quantitative estimate of drug-likeness (QED) is 0.702. The molecule has 0 aromatic heterocycles. The largest absolute Gasteiger partial charge is 0.481 e. The van der Waals surface area contributed by atoms with Gasteiger partial charge in [-0.05, 0) is 75.1 Å². The van der Waals surface area contributed by atoms with Crippen molar-refractivity contribution < 1.29 is 9.53 Å². The van der Waals surface area contributed by atoms with E-state index >= 15 is 0 Å². The summed E-state index contributed by atoms with van der Waals surface area (Å²) in [6.45, 7) is 12.8. The minimum atomic E-state index is -0.485. The van der Waals surface area contributed by atoms with Crippen LogP contribution >= 0.6 is 0 Å². The number of amides is 1. The summed E-state index contributed by atoms with van der Waals surface area (Å²) in [5, 5.41) is 3.00. The number of carbonyl (C=O) groups excluding carboxylic acids is 1. The fourth-order valence-electron chi connectivity index (χ4n) is 3.20. The van der Waals surface area contributed by atoms with Crippen molar-refractivity contribution in [2.75, 3.05) is 18.0 Å². The van der Waals surface area contributed by atoms with Crippen molar-refractivity contribution >= 4 is 11.6 Å². The zero-order chi connectivity index (χ0) is 19.8. The molecule has 4 heteroatoms. The second-order valence-electron chi connectivity index (χ2n) is 6.89. The van der Waals surface area contributed by atoms with Gasteiger partial charge in [0.15, 0.2) is 6.10 Å². The SMILES string of the molecule is CCC(Oc1cc(C)cc(C)c1)C(=O)NCc1ccc(N(CC)CC)cc1. The third kappa shape index (κ3) is 6.02. The van der Waals surface area contributed by atoms with Gasteiger partial charge in [0.05, 0.1) is 0 Å². The Kier molecular flexibility index (Phi) is 7.71. The van der Waals surface area contributed by atoms with Crippen LogP contribution in [-0.4, -0.2) is 25.1 Å². The minimum Gasteiger partial charge on any atom is -0.481 e. The normalized spacial score (nSPS) is 11.7. The molecule has 0 saturated carbocycles. The lowest BCUT2D eigenvalue weighted by molar-refractivity contribution is -0.128. The predicted molar refractivity (Wildman–Crippen MR) is 112 cm³/mol. The van der Waals surface area contributed by atoms with Gasteiger partial charge in [0.2, 0.25) is 0 Å². The van der Waals surface area contributed by atoms with Gasteiger partial charge in [-0.15, -0.1) is 0 Å². The third-order valence-corrected chi connectivity index (χ3v) is 4.67. The summed E-state index contributed by atoms with van der Waals surface area (Å²) in [4.78, 5) is 14.8. The number of hydrogen-bond acceptors (Lipinski definition) is 3. The van der Waals surface area contributed by atoms with Gasteiger partial charge in [0, 0.05) is 25.3 Å². The zero-order valence-electron chi connectivity index (χ0n) is 17.2. The number of benzene rings is 2. The smallest absolute Gasteiger partial charge is 0.261 e. The van der Waals surface area contributed by atoms with Crippen molar-refractivity contribution in [3.63, 3.8) is 0 Å². The molecule has 0 fully saturated rings. The number of nitrogens with zero attached hydrogens (tertiary/aromatic N) is 1. The molecule has 1 atom stereocenters. The van der Waals surface area contributed by atoms with Crippen molar-refractivity contribution in [2.45, 2.75) is 53.7 Å². The van der Waals surface area contributed by atoms with Gasteiger partial charge in [-0.3, -0.25) is 4.79 Å². The first-order chi connectivity index (χ1) is 13.0. The van der Waals surface area contributed by atoms with E-state index in [1.54, 1.807) is 0 Å². The summed E-state index contributed by atoms with van der Waals surface area (Å²) in [6, 6.07) is 14.4. The van der Waals surface area contributed by atoms with E-state index in [0.29, 0.717) is 13.0 Å². The Bertz CT molecular complexity index is 716. The molecule has 1 amide bonds. The maximum Gasteiger partial charge on any atom is 0.261 e. The van der Waals surface area contributed by atoms with Crippen LogP contribution in [0.2, 0.25) is 0 Å². The summed E-state index contributed by atoms with van der Waals surface area (Å²) in [5.41, 5.74) is 4.56. The van der Waals surface area contributed by atoms with E-state index in [4.69, 9.17) is 4.74 Å². The van der Waals surface area contributed by atoms with E-state index in [1.165, 1.54) is 5.69 Å². The van der Waals surface area contributed by atoms with Crippen molar-refractivity contribution in [3.8, 4) is 5.75 Å². The molecule has 0 radical (unpaired) electrons. The number of carbonyl (C=O) groups is 1. The fourth-order valence-corrected chi connectivity index (χ4v) is 3.20. The molecule has 1 N–H and O–H groups in total. The molecule has 4 nitrogen and oxygen atoms in total. The molecular weight excluding hydrogens is 336 g/mol. The Labute approximate surface area is 163 Å². The first-order valence-corrected chi connectivity index (χ1v) is 9.83. The summed E-state index contributed by atoms with van der Waals surface area (Å²) in [6.07, 6.45) is 0.140. The highest BCUT2D eigenvalue weighted by molar-refractivity contribution is 5.81. The minimum absolute atomic E-state index is 0.0792. The van der Waals surface area contributed by atoms with E-state index in [2.05, 4.69) is 54.4 Å². The highest BCUT2D eigenvalue weighted by atomic mass is 16.5. The van der Waals surface area contributed by atoms with Crippen molar-refractivity contribution in [1.82, 2.24) is 5.32 Å². The van der Waals surface area contributed by atoms with Crippen LogP contribution in [0, 0.1) is 13.8 Å². The number of hydrogen-bond donors (Lipinski definition) is 1. The van der Waals surface area contributed by atoms with Crippen molar-refractivity contribution in [1.29, 1.82) is 0 Å². The van der Waals surface area contributed by atoms with Gasteiger partial charge >= 0.3 is 0 Å². The molecule has 146 valence electrons. The highest BCUT2D eigenvalue weighted by Crippen LogP contribution is 2.19. The van der Waals surface area contributed by atoms with Crippen molar-refractivity contribution in [3.05, 3.63) is 59.2 Å². The summed E-state index contributed by atoms with van der Waals surface area (Å²) in [5.74, 6) is 0.669. The van der Waals surface area contributed by atoms with Crippen LogP contribution in [0.5, 0.6) is 5.75 Å². The topological polar surface area (TPSA) is 41.6 Å². The van der Waals surface area contributed by atoms with Crippen LogP contribution in [0.1, 0.15) is 43.9 Å². The summed E-state index contributed by atoms with van der Waals surface area (Å²) < 4.78 is 5.94. The Morgan fingerprint density at radius 3 is 2.11 bits per heavy atom. The molecule has 2 aromatic rings. The van der Waals surface area contributed by atoms with Crippen LogP contribution in [-0.2, 0) is 11.3 Å². The van der Waals surface area contributed by atoms with E-state index < -0.39 is 6.10 Å². The Balaban J connectivity index is 1.94. The second kappa shape index (κ2) is 10.0. The van der Waals surface area contributed by atoms with E-state index in [9.17, 15) is 4.79 Å². The van der Waals surface area contributed by atoms with Crippen LogP contribution < -0.4 is 15.0 Å². The van der Waals surface area contributed by atoms with Crippen LogP contribution in [0.15, 0.2) is 42.5 Å². The highest BCUT2D eigenvalue weighted by Gasteiger charge is 2.18. The molecule has 2 rings (SSSR count). The van der Waals surface area contributed by atoms with Crippen LogP contribution in [0.4, 0.5) is 5.69 Å². The Morgan fingerprint density at radius 2 is 1.59 bits per heavy atom. The molecule has 0 aliphatic heterocycles. The Hall–Kier alpha value is -2.49. The standard InChI is InChI=1S/C23H32N2O2/c1-6-22(27-21-14-17(4)13-18(5)15-21)23(26)24-16-19-9-11-20(12-10-19)25(7-2)8-3/h9-15,22H,6-8,16H2,1-5H3,(H,24,26). The van der Waals surface area contributed by atoms with Gasteiger partial charge < -0.3 is 15.0 Å². The Morgan fingerprint density at radius 1 is 1.00 bits per heavy atom. The van der Waals surface area contributed by atoms with E-state index in [0.717, 1.165) is 35.5 Å².